The standard InChI is InChI=1S/C9H21N3O3S/c1-9(3-2-4-10)11-16(13,14)12-5-7-15-8-6-12/h9,11H,2-8,10H2,1H3. The van der Waals surface area contributed by atoms with E-state index in [1.165, 1.54) is 4.31 Å². The van der Waals surface area contributed by atoms with Gasteiger partial charge in [-0.25, -0.2) is 0 Å². The first-order valence-corrected chi connectivity index (χ1v) is 7.05. The fraction of sp³-hybridized carbons (Fsp3) is 1.00. The molecule has 0 bridgehead atoms. The maximum absolute atomic E-state index is 11.9. The van der Waals surface area contributed by atoms with Gasteiger partial charge in [0.1, 0.15) is 0 Å². The molecule has 1 unspecified atom stereocenters. The predicted molar refractivity (Wildman–Crippen MR) is 62.2 cm³/mol. The van der Waals surface area contributed by atoms with E-state index in [0.29, 0.717) is 32.8 Å². The number of hydrogen-bond donors (Lipinski definition) is 2. The van der Waals surface area contributed by atoms with Crippen molar-refractivity contribution in [1.82, 2.24) is 9.03 Å². The molecule has 1 heterocycles. The molecule has 1 saturated heterocycles. The van der Waals surface area contributed by atoms with E-state index in [2.05, 4.69) is 4.72 Å². The lowest BCUT2D eigenvalue weighted by molar-refractivity contribution is 0.0723. The van der Waals surface area contributed by atoms with Crippen molar-refractivity contribution in [2.45, 2.75) is 25.8 Å². The summed E-state index contributed by atoms with van der Waals surface area (Å²) in [6.07, 6.45) is 1.59. The van der Waals surface area contributed by atoms with Crippen LogP contribution in [0, 0.1) is 0 Å². The zero-order valence-corrected chi connectivity index (χ0v) is 10.5. The fourth-order valence-electron chi connectivity index (χ4n) is 1.60. The molecule has 0 amide bonds. The van der Waals surface area contributed by atoms with Gasteiger partial charge in [0.2, 0.25) is 0 Å². The van der Waals surface area contributed by atoms with Crippen molar-refractivity contribution in [3.8, 4) is 0 Å². The molecule has 1 aliphatic rings. The average molecular weight is 251 g/mol. The van der Waals surface area contributed by atoms with Crippen LogP contribution in [0.3, 0.4) is 0 Å². The highest BCUT2D eigenvalue weighted by atomic mass is 32.2. The van der Waals surface area contributed by atoms with E-state index in [9.17, 15) is 8.42 Å². The van der Waals surface area contributed by atoms with E-state index in [1.54, 1.807) is 0 Å². The normalized spacial score (nSPS) is 20.9. The number of nitrogens with zero attached hydrogens (tertiary/aromatic N) is 1. The fourth-order valence-corrected chi connectivity index (χ4v) is 3.00. The Morgan fingerprint density at radius 2 is 2.06 bits per heavy atom. The van der Waals surface area contributed by atoms with E-state index >= 15 is 0 Å². The third-order valence-electron chi connectivity index (χ3n) is 2.50. The van der Waals surface area contributed by atoms with Crippen LogP contribution in [0.5, 0.6) is 0 Å². The van der Waals surface area contributed by atoms with E-state index in [0.717, 1.165) is 12.8 Å². The third-order valence-corrected chi connectivity index (χ3v) is 4.25. The minimum absolute atomic E-state index is 0.0728. The lowest BCUT2D eigenvalue weighted by atomic mass is 10.2. The molecule has 0 aromatic carbocycles. The Hall–Kier alpha value is -0.210. The Morgan fingerprint density at radius 1 is 1.44 bits per heavy atom. The van der Waals surface area contributed by atoms with Gasteiger partial charge < -0.3 is 10.5 Å². The summed E-state index contributed by atoms with van der Waals surface area (Å²) in [6.45, 7) is 4.24. The summed E-state index contributed by atoms with van der Waals surface area (Å²) in [5.74, 6) is 0. The molecule has 1 aliphatic heterocycles. The molecule has 0 aromatic heterocycles. The molecule has 1 fully saturated rings. The Kier molecular flexibility index (Phi) is 5.63. The summed E-state index contributed by atoms with van der Waals surface area (Å²) in [5.41, 5.74) is 5.38. The number of hydrogen-bond acceptors (Lipinski definition) is 4. The number of rotatable bonds is 6. The van der Waals surface area contributed by atoms with Crippen LogP contribution >= 0.6 is 0 Å². The van der Waals surface area contributed by atoms with Crippen molar-refractivity contribution in [1.29, 1.82) is 0 Å². The Morgan fingerprint density at radius 3 is 2.62 bits per heavy atom. The summed E-state index contributed by atoms with van der Waals surface area (Å²) < 4.78 is 33.0. The third kappa shape index (κ3) is 4.34. The molecule has 1 atom stereocenters. The van der Waals surface area contributed by atoms with Crippen LogP contribution in [-0.4, -0.2) is 51.6 Å². The van der Waals surface area contributed by atoms with Crippen molar-refractivity contribution < 1.29 is 13.2 Å². The van der Waals surface area contributed by atoms with Crippen LogP contribution in [-0.2, 0) is 14.9 Å². The van der Waals surface area contributed by atoms with Gasteiger partial charge in [0, 0.05) is 19.1 Å². The topological polar surface area (TPSA) is 84.7 Å². The summed E-state index contributed by atoms with van der Waals surface area (Å²) in [5, 5.41) is 0. The van der Waals surface area contributed by atoms with Gasteiger partial charge in [-0.15, -0.1) is 0 Å². The second kappa shape index (κ2) is 6.51. The molecule has 3 N–H and O–H groups in total. The molecule has 16 heavy (non-hydrogen) atoms. The van der Waals surface area contributed by atoms with E-state index in [4.69, 9.17) is 10.5 Å². The summed E-state index contributed by atoms with van der Waals surface area (Å²) in [4.78, 5) is 0. The summed E-state index contributed by atoms with van der Waals surface area (Å²) in [6, 6.07) is -0.0728. The number of morpholine rings is 1. The predicted octanol–water partition coefficient (Wildman–Crippen LogP) is -0.720. The van der Waals surface area contributed by atoms with Crippen LogP contribution in [0.1, 0.15) is 19.8 Å². The lowest BCUT2D eigenvalue weighted by Crippen LogP contribution is -2.49. The maximum atomic E-state index is 11.9. The molecule has 0 aromatic rings. The second-order valence-electron chi connectivity index (χ2n) is 3.97. The first kappa shape index (κ1) is 13.9. The quantitative estimate of drug-likeness (QED) is 0.652. The molecule has 6 nitrogen and oxygen atoms in total. The minimum Gasteiger partial charge on any atom is -0.379 e. The first-order chi connectivity index (χ1) is 7.56. The molecule has 1 rings (SSSR count). The molecule has 0 radical (unpaired) electrons. The van der Waals surface area contributed by atoms with Crippen LogP contribution < -0.4 is 10.5 Å². The van der Waals surface area contributed by atoms with E-state index in [-0.39, 0.29) is 6.04 Å². The Balaban J connectivity index is 2.43. The van der Waals surface area contributed by atoms with Gasteiger partial charge in [-0.3, -0.25) is 0 Å². The zero-order valence-electron chi connectivity index (χ0n) is 9.68. The van der Waals surface area contributed by atoms with Crippen LogP contribution in [0.15, 0.2) is 0 Å². The van der Waals surface area contributed by atoms with Crippen molar-refractivity contribution in [2.24, 2.45) is 5.73 Å². The van der Waals surface area contributed by atoms with Crippen molar-refractivity contribution in [2.75, 3.05) is 32.8 Å². The lowest BCUT2D eigenvalue weighted by Gasteiger charge is -2.27. The van der Waals surface area contributed by atoms with Gasteiger partial charge in [-0.05, 0) is 26.3 Å². The molecule has 96 valence electrons. The van der Waals surface area contributed by atoms with E-state index < -0.39 is 10.2 Å². The molecule has 7 heteroatoms. The molecular formula is C9H21N3O3S. The van der Waals surface area contributed by atoms with E-state index in [1.807, 2.05) is 6.92 Å². The van der Waals surface area contributed by atoms with Gasteiger partial charge in [0.15, 0.2) is 0 Å². The maximum Gasteiger partial charge on any atom is 0.279 e. The van der Waals surface area contributed by atoms with Gasteiger partial charge in [-0.2, -0.15) is 17.4 Å². The summed E-state index contributed by atoms with van der Waals surface area (Å²) >= 11 is 0. The van der Waals surface area contributed by atoms with Gasteiger partial charge >= 0.3 is 0 Å². The second-order valence-corrected chi connectivity index (χ2v) is 5.67. The van der Waals surface area contributed by atoms with Crippen LogP contribution in [0.25, 0.3) is 0 Å². The largest absolute Gasteiger partial charge is 0.379 e. The Labute approximate surface area is 97.3 Å². The SMILES string of the molecule is CC(CCCN)NS(=O)(=O)N1CCOCC1. The first-order valence-electron chi connectivity index (χ1n) is 5.61. The Bertz CT molecular complexity index is 288. The highest BCUT2D eigenvalue weighted by Crippen LogP contribution is 2.05. The monoisotopic (exact) mass is 251 g/mol. The van der Waals surface area contributed by atoms with Crippen LogP contribution in [0.2, 0.25) is 0 Å². The van der Waals surface area contributed by atoms with Crippen molar-refractivity contribution in [3.05, 3.63) is 0 Å². The minimum atomic E-state index is -3.35. The van der Waals surface area contributed by atoms with Gasteiger partial charge in [-0.1, -0.05) is 0 Å². The molecule has 0 aliphatic carbocycles. The van der Waals surface area contributed by atoms with Crippen molar-refractivity contribution in [3.63, 3.8) is 0 Å². The molecule has 0 spiro atoms. The summed E-state index contributed by atoms with van der Waals surface area (Å²) in [7, 11) is -3.35. The number of ether oxygens (including phenoxy) is 1. The smallest absolute Gasteiger partial charge is 0.279 e. The number of nitrogens with one attached hydrogen (secondary N) is 1. The molecule has 0 saturated carbocycles. The van der Waals surface area contributed by atoms with Gasteiger partial charge in [0.05, 0.1) is 13.2 Å². The molecular weight excluding hydrogens is 230 g/mol. The zero-order chi connectivity index (χ0) is 12.0. The average Bonchev–Trinajstić information content (AvgIpc) is 2.27. The highest BCUT2D eigenvalue weighted by Gasteiger charge is 2.25. The van der Waals surface area contributed by atoms with Crippen molar-refractivity contribution >= 4 is 10.2 Å². The van der Waals surface area contributed by atoms with Crippen LogP contribution in [0.4, 0.5) is 0 Å². The number of nitrogens with two attached hydrogens (primary N) is 1. The highest BCUT2D eigenvalue weighted by molar-refractivity contribution is 7.87. The van der Waals surface area contributed by atoms with Gasteiger partial charge in [0.25, 0.3) is 10.2 Å².